The summed E-state index contributed by atoms with van der Waals surface area (Å²) in [5.41, 5.74) is -0.146. The Kier molecular flexibility index (Phi) is 7.25. The average molecular weight is 435 g/mol. The number of carbonyl (C=O) groups excluding carboxylic acids is 1. The van der Waals surface area contributed by atoms with Gasteiger partial charge in [0.05, 0.1) is 12.6 Å². The normalized spacial score (nSPS) is 13.1. The summed E-state index contributed by atoms with van der Waals surface area (Å²) in [4.78, 5) is 23.8. The SMILES string of the molecule is CC(C)C(CO)N/C=C(\C(=O)O)C(=O)c1cc(Br)ccc1Br. The molecule has 120 valence electrons. The number of benzene rings is 1. The number of halogens is 2. The molecule has 3 N–H and O–H groups in total. The molecule has 0 aromatic heterocycles. The van der Waals surface area contributed by atoms with Crippen LogP contribution in [-0.4, -0.2) is 34.6 Å². The molecule has 1 unspecified atom stereocenters. The van der Waals surface area contributed by atoms with Gasteiger partial charge in [-0.05, 0) is 24.1 Å². The lowest BCUT2D eigenvalue weighted by molar-refractivity contribution is -0.132. The van der Waals surface area contributed by atoms with Crippen molar-refractivity contribution >= 4 is 43.6 Å². The third-order valence-corrected chi connectivity index (χ3v) is 4.28. The molecule has 0 aliphatic carbocycles. The van der Waals surface area contributed by atoms with Crippen LogP contribution in [0.25, 0.3) is 0 Å². The van der Waals surface area contributed by atoms with E-state index in [1.165, 1.54) is 0 Å². The number of nitrogens with one attached hydrogen (secondary N) is 1. The molecule has 0 heterocycles. The summed E-state index contributed by atoms with van der Waals surface area (Å²) in [7, 11) is 0. The standard InChI is InChI=1S/C15H17Br2NO4/c1-8(2)13(7-19)18-6-11(15(21)22)14(20)10-5-9(16)3-4-12(10)17/h3-6,8,13,18-19H,7H2,1-2H3,(H,21,22)/b11-6-. The van der Waals surface area contributed by atoms with E-state index in [2.05, 4.69) is 37.2 Å². The van der Waals surface area contributed by atoms with Gasteiger partial charge in [0.2, 0.25) is 5.78 Å². The Hall–Kier alpha value is -1.18. The van der Waals surface area contributed by atoms with E-state index in [-0.39, 0.29) is 24.1 Å². The van der Waals surface area contributed by atoms with E-state index in [0.717, 1.165) is 6.20 Å². The summed E-state index contributed by atoms with van der Waals surface area (Å²) >= 11 is 6.50. The highest BCUT2D eigenvalue weighted by molar-refractivity contribution is 9.11. The zero-order valence-electron chi connectivity index (χ0n) is 12.1. The first-order valence-corrected chi connectivity index (χ1v) is 8.16. The molecule has 0 aliphatic heterocycles. The maximum atomic E-state index is 12.4. The monoisotopic (exact) mass is 433 g/mol. The van der Waals surface area contributed by atoms with Gasteiger partial charge >= 0.3 is 5.97 Å². The second kappa shape index (κ2) is 8.45. The lowest BCUT2D eigenvalue weighted by Crippen LogP contribution is -2.34. The minimum atomic E-state index is -1.33. The number of aliphatic carboxylic acids is 1. The highest BCUT2D eigenvalue weighted by atomic mass is 79.9. The molecule has 0 saturated heterocycles. The van der Waals surface area contributed by atoms with E-state index in [1.807, 2.05) is 13.8 Å². The van der Waals surface area contributed by atoms with E-state index < -0.39 is 17.3 Å². The number of Topliss-reactive ketones (excluding diaryl/α,β-unsaturated/α-hetero) is 1. The van der Waals surface area contributed by atoms with Crippen molar-refractivity contribution < 1.29 is 19.8 Å². The van der Waals surface area contributed by atoms with Crippen molar-refractivity contribution in [3.05, 3.63) is 44.5 Å². The highest BCUT2D eigenvalue weighted by Gasteiger charge is 2.22. The summed E-state index contributed by atoms with van der Waals surface area (Å²) in [6.07, 6.45) is 1.15. The lowest BCUT2D eigenvalue weighted by Gasteiger charge is -2.19. The van der Waals surface area contributed by atoms with Crippen molar-refractivity contribution in [1.29, 1.82) is 0 Å². The van der Waals surface area contributed by atoms with Crippen LogP contribution in [0, 0.1) is 5.92 Å². The molecule has 0 radical (unpaired) electrons. The van der Waals surface area contributed by atoms with Crippen LogP contribution in [0.5, 0.6) is 0 Å². The van der Waals surface area contributed by atoms with E-state index in [9.17, 15) is 19.8 Å². The Morgan fingerprint density at radius 1 is 1.32 bits per heavy atom. The molecule has 0 saturated carbocycles. The number of hydrogen-bond acceptors (Lipinski definition) is 4. The van der Waals surface area contributed by atoms with Crippen LogP contribution in [0.15, 0.2) is 38.9 Å². The molecule has 0 spiro atoms. The van der Waals surface area contributed by atoms with E-state index in [4.69, 9.17) is 0 Å². The Labute approximate surface area is 145 Å². The van der Waals surface area contributed by atoms with Gasteiger partial charge in [-0.15, -0.1) is 0 Å². The summed E-state index contributed by atoms with van der Waals surface area (Å²) in [6, 6.07) is 4.63. The number of carboxylic acid groups (broad SMARTS) is 1. The van der Waals surface area contributed by atoms with Crippen LogP contribution in [0.1, 0.15) is 24.2 Å². The Bertz CT molecular complexity index is 599. The van der Waals surface area contributed by atoms with Crippen molar-refractivity contribution in [3.8, 4) is 0 Å². The molecule has 1 atom stereocenters. The fraction of sp³-hybridized carbons (Fsp3) is 0.333. The smallest absolute Gasteiger partial charge is 0.341 e. The minimum absolute atomic E-state index is 0.0870. The van der Waals surface area contributed by atoms with Crippen molar-refractivity contribution in [2.45, 2.75) is 19.9 Å². The third-order valence-electron chi connectivity index (χ3n) is 3.09. The second-order valence-electron chi connectivity index (χ2n) is 5.02. The van der Waals surface area contributed by atoms with E-state index in [0.29, 0.717) is 8.95 Å². The van der Waals surface area contributed by atoms with Gasteiger partial charge in [0.15, 0.2) is 0 Å². The maximum Gasteiger partial charge on any atom is 0.341 e. The first kappa shape index (κ1) is 18.9. The molecule has 0 amide bonds. The number of rotatable bonds is 7. The molecule has 7 heteroatoms. The van der Waals surface area contributed by atoms with Crippen LogP contribution < -0.4 is 5.32 Å². The van der Waals surface area contributed by atoms with Gasteiger partial charge in [0.1, 0.15) is 5.57 Å². The zero-order chi connectivity index (χ0) is 16.9. The lowest BCUT2D eigenvalue weighted by atomic mass is 10.0. The number of aliphatic hydroxyl groups excluding tert-OH is 1. The Morgan fingerprint density at radius 2 is 1.95 bits per heavy atom. The quantitative estimate of drug-likeness (QED) is 0.266. The van der Waals surface area contributed by atoms with Gasteiger partial charge in [-0.2, -0.15) is 0 Å². The van der Waals surface area contributed by atoms with E-state index >= 15 is 0 Å². The summed E-state index contributed by atoms with van der Waals surface area (Å²) in [6.45, 7) is 3.61. The topological polar surface area (TPSA) is 86.6 Å². The van der Waals surface area contributed by atoms with Crippen LogP contribution in [0.3, 0.4) is 0 Å². The van der Waals surface area contributed by atoms with Gasteiger partial charge in [-0.1, -0.05) is 45.7 Å². The zero-order valence-corrected chi connectivity index (χ0v) is 15.3. The minimum Gasteiger partial charge on any atom is -0.477 e. The fourth-order valence-corrected chi connectivity index (χ4v) is 2.48. The molecule has 5 nitrogen and oxygen atoms in total. The summed E-state index contributed by atoms with van der Waals surface area (Å²) in [5.74, 6) is -1.86. The van der Waals surface area contributed by atoms with Crippen molar-refractivity contribution in [1.82, 2.24) is 5.32 Å². The van der Waals surface area contributed by atoms with Crippen molar-refractivity contribution in [2.75, 3.05) is 6.61 Å². The number of ketones is 1. The van der Waals surface area contributed by atoms with Crippen molar-refractivity contribution in [2.24, 2.45) is 5.92 Å². The fourth-order valence-electron chi connectivity index (χ4n) is 1.69. The number of aliphatic hydroxyl groups is 1. The largest absolute Gasteiger partial charge is 0.477 e. The molecule has 1 rings (SSSR count). The third kappa shape index (κ3) is 4.93. The van der Waals surface area contributed by atoms with Gasteiger partial charge < -0.3 is 15.5 Å². The van der Waals surface area contributed by atoms with Crippen LogP contribution in [0.4, 0.5) is 0 Å². The highest BCUT2D eigenvalue weighted by Crippen LogP contribution is 2.24. The molecule has 1 aromatic rings. The predicted molar refractivity (Wildman–Crippen MR) is 90.7 cm³/mol. The number of carbonyl (C=O) groups is 2. The van der Waals surface area contributed by atoms with Gasteiger partial charge in [0, 0.05) is 20.7 Å². The summed E-state index contributed by atoms with van der Waals surface area (Å²) < 4.78 is 1.18. The Morgan fingerprint density at radius 3 is 2.45 bits per heavy atom. The maximum absolute atomic E-state index is 12.4. The predicted octanol–water partition coefficient (Wildman–Crippen LogP) is 2.97. The number of carboxylic acids is 1. The molecule has 22 heavy (non-hydrogen) atoms. The molecular formula is C15H17Br2NO4. The van der Waals surface area contributed by atoms with Crippen LogP contribution >= 0.6 is 31.9 Å². The van der Waals surface area contributed by atoms with Gasteiger partial charge in [-0.25, -0.2) is 4.79 Å². The molecule has 0 bridgehead atoms. The molecule has 1 aromatic carbocycles. The number of hydrogen-bond donors (Lipinski definition) is 3. The van der Waals surface area contributed by atoms with Gasteiger partial charge in [-0.3, -0.25) is 4.79 Å². The van der Waals surface area contributed by atoms with Gasteiger partial charge in [0.25, 0.3) is 0 Å². The molecule has 0 fully saturated rings. The van der Waals surface area contributed by atoms with E-state index in [1.54, 1.807) is 18.2 Å². The van der Waals surface area contributed by atoms with Crippen LogP contribution in [0.2, 0.25) is 0 Å². The first-order valence-electron chi connectivity index (χ1n) is 6.58. The first-order chi connectivity index (χ1) is 10.3. The summed E-state index contributed by atoms with van der Waals surface area (Å²) in [5, 5.41) is 21.3. The average Bonchev–Trinajstić information content (AvgIpc) is 2.44. The Balaban J connectivity index is 3.12. The van der Waals surface area contributed by atoms with Crippen LogP contribution in [-0.2, 0) is 4.79 Å². The molecule has 0 aliphatic rings. The second-order valence-corrected chi connectivity index (χ2v) is 6.79. The molecular weight excluding hydrogens is 418 g/mol. The van der Waals surface area contributed by atoms with Crippen molar-refractivity contribution in [3.63, 3.8) is 0 Å².